The van der Waals surface area contributed by atoms with Gasteiger partial charge in [-0.25, -0.2) is 13.6 Å². The molecule has 184 valence electrons. The van der Waals surface area contributed by atoms with Crippen LogP contribution < -0.4 is 0 Å². The lowest BCUT2D eigenvalue weighted by molar-refractivity contribution is -0.134. The molecular weight excluding hydrogens is 464 g/mol. The number of amides is 2. The van der Waals surface area contributed by atoms with Gasteiger partial charge in [0.1, 0.15) is 11.6 Å². The summed E-state index contributed by atoms with van der Waals surface area (Å²) in [5.74, 6) is -1.17. The minimum Gasteiger partial charge on any atom is -0.465 e. The van der Waals surface area contributed by atoms with Gasteiger partial charge < -0.3 is 14.9 Å². The summed E-state index contributed by atoms with van der Waals surface area (Å²) in [5, 5.41) is 20.3. The van der Waals surface area contributed by atoms with E-state index in [1.54, 1.807) is 35.2 Å². The third kappa shape index (κ3) is 4.15. The van der Waals surface area contributed by atoms with Crippen LogP contribution in [-0.2, 0) is 16.8 Å². The van der Waals surface area contributed by atoms with Gasteiger partial charge in [-0.05, 0) is 77.6 Å². The molecule has 3 aromatic rings. The maximum absolute atomic E-state index is 13.8. The highest BCUT2D eigenvalue weighted by Crippen LogP contribution is 2.46. The van der Waals surface area contributed by atoms with Gasteiger partial charge in [-0.15, -0.1) is 0 Å². The van der Waals surface area contributed by atoms with Crippen molar-refractivity contribution in [3.8, 4) is 6.07 Å². The summed E-state index contributed by atoms with van der Waals surface area (Å²) >= 11 is 0. The number of rotatable bonds is 4. The van der Waals surface area contributed by atoms with E-state index in [9.17, 15) is 28.7 Å². The summed E-state index contributed by atoms with van der Waals surface area (Å²) in [5.41, 5.74) is 1.43. The predicted octanol–water partition coefficient (Wildman–Crippen LogP) is 5.05. The lowest BCUT2D eigenvalue weighted by Crippen LogP contribution is -2.50. The predicted molar refractivity (Wildman–Crippen MR) is 129 cm³/mol. The van der Waals surface area contributed by atoms with Crippen LogP contribution in [0.4, 0.5) is 13.6 Å². The zero-order chi connectivity index (χ0) is 25.4. The fraction of sp³-hybridized carbons (Fsp3) is 0.321. The Morgan fingerprint density at radius 2 is 1.72 bits per heavy atom. The standard InChI is InChI=1S/C28H25F2N3O3/c29-22-3-1-21(2-4-22)28(8-11-32(12-9-28)27(35)36)25-7-10-33(26(25)34)17-20-14-18(16-31)13-19-15-23(30)5-6-24(19)20/h1-6,13-15,25H,7-12,17H2,(H,35,36). The van der Waals surface area contributed by atoms with Crippen LogP contribution in [0.25, 0.3) is 10.8 Å². The summed E-state index contributed by atoms with van der Waals surface area (Å²) in [6, 6.07) is 16.1. The van der Waals surface area contributed by atoms with Crippen molar-refractivity contribution in [3.05, 3.63) is 82.9 Å². The number of fused-ring (bicyclic) bond motifs is 1. The van der Waals surface area contributed by atoms with Gasteiger partial charge in [0.2, 0.25) is 5.91 Å². The van der Waals surface area contributed by atoms with Crippen LogP contribution >= 0.6 is 0 Å². The molecule has 8 heteroatoms. The molecule has 1 N–H and O–H groups in total. The van der Waals surface area contributed by atoms with E-state index in [2.05, 4.69) is 6.07 Å². The van der Waals surface area contributed by atoms with Crippen molar-refractivity contribution in [1.82, 2.24) is 9.80 Å². The van der Waals surface area contributed by atoms with Crippen molar-refractivity contribution in [2.45, 2.75) is 31.2 Å². The fourth-order valence-electron chi connectivity index (χ4n) is 5.95. The number of nitrogens with zero attached hydrogens (tertiary/aromatic N) is 3. The maximum atomic E-state index is 13.8. The monoisotopic (exact) mass is 489 g/mol. The van der Waals surface area contributed by atoms with E-state index in [0.717, 1.165) is 16.5 Å². The van der Waals surface area contributed by atoms with Crippen LogP contribution in [0.3, 0.4) is 0 Å². The van der Waals surface area contributed by atoms with E-state index >= 15 is 0 Å². The van der Waals surface area contributed by atoms with Crippen molar-refractivity contribution in [3.63, 3.8) is 0 Å². The number of hydrogen-bond donors (Lipinski definition) is 1. The van der Waals surface area contributed by atoms with Crippen molar-refractivity contribution < 1.29 is 23.5 Å². The molecule has 5 rings (SSSR count). The quantitative estimate of drug-likeness (QED) is 0.556. The molecule has 1 unspecified atom stereocenters. The second-order valence-corrected chi connectivity index (χ2v) is 9.65. The summed E-state index contributed by atoms with van der Waals surface area (Å²) in [6.07, 6.45) is 0.555. The molecule has 0 bridgehead atoms. The first kappa shape index (κ1) is 23.7. The van der Waals surface area contributed by atoms with Gasteiger partial charge in [0, 0.05) is 37.5 Å². The molecule has 2 amide bonds. The van der Waals surface area contributed by atoms with Gasteiger partial charge in [-0.1, -0.05) is 18.2 Å². The first-order valence-electron chi connectivity index (χ1n) is 12.0. The zero-order valence-corrected chi connectivity index (χ0v) is 19.6. The van der Waals surface area contributed by atoms with E-state index in [1.807, 2.05) is 0 Å². The van der Waals surface area contributed by atoms with Gasteiger partial charge in [-0.2, -0.15) is 5.26 Å². The van der Waals surface area contributed by atoms with E-state index in [4.69, 9.17) is 0 Å². The summed E-state index contributed by atoms with van der Waals surface area (Å²) in [4.78, 5) is 28.5. The Morgan fingerprint density at radius 3 is 2.39 bits per heavy atom. The Hall–Kier alpha value is -3.99. The normalized spacial score (nSPS) is 19.5. The minimum atomic E-state index is -0.984. The van der Waals surface area contributed by atoms with Gasteiger partial charge >= 0.3 is 6.09 Å². The van der Waals surface area contributed by atoms with Crippen LogP contribution in [-0.4, -0.2) is 46.5 Å². The Morgan fingerprint density at radius 1 is 1.03 bits per heavy atom. The molecule has 2 heterocycles. The fourth-order valence-corrected chi connectivity index (χ4v) is 5.95. The number of hydrogen-bond acceptors (Lipinski definition) is 3. The molecule has 0 saturated carbocycles. The number of carbonyl (C=O) groups excluding carboxylic acids is 1. The molecule has 2 saturated heterocycles. The molecule has 6 nitrogen and oxygen atoms in total. The highest BCUT2D eigenvalue weighted by Gasteiger charge is 2.50. The van der Waals surface area contributed by atoms with Gasteiger partial charge in [-0.3, -0.25) is 4.79 Å². The minimum absolute atomic E-state index is 0.0410. The smallest absolute Gasteiger partial charge is 0.407 e. The van der Waals surface area contributed by atoms with Crippen molar-refractivity contribution >= 4 is 22.8 Å². The Bertz CT molecular complexity index is 1380. The number of likely N-dealkylation sites (tertiary alicyclic amines) is 2. The Balaban J connectivity index is 1.46. The topological polar surface area (TPSA) is 84.6 Å². The van der Waals surface area contributed by atoms with E-state index < -0.39 is 17.3 Å². The summed E-state index contributed by atoms with van der Waals surface area (Å²) in [7, 11) is 0. The first-order valence-corrected chi connectivity index (χ1v) is 12.0. The molecule has 36 heavy (non-hydrogen) atoms. The van der Waals surface area contributed by atoms with Crippen molar-refractivity contribution in [2.75, 3.05) is 19.6 Å². The first-order chi connectivity index (χ1) is 17.3. The van der Waals surface area contributed by atoms with Crippen LogP contribution in [0.5, 0.6) is 0 Å². The Labute approximate surface area is 207 Å². The molecule has 2 fully saturated rings. The number of halogens is 2. The average molecular weight is 490 g/mol. The molecular formula is C28H25F2N3O3. The average Bonchev–Trinajstić information content (AvgIpc) is 3.24. The molecule has 2 aliphatic rings. The van der Waals surface area contributed by atoms with Crippen LogP contribution in [0, 0.1) is 28.9 Å². The largest absolute Gasteiger partial charge is 0.465 e. The molecule has 0 aromatic heterocycles. The summed E-state index contributed by atoms with van der Waals surface area (Å²) in [6.45, 7) is 1.40. The SMILES string of the molecule is N#Cc1cc(CN2CCC(C3(c4ccc(F)cc4)CCN(C(=O)O)CC3)C2=O)c2ccc(F)cc2c1. The number of piperidine rings is 1. The highest BCUT2D eigenvalue weighted by molar-refractivity contribution is 5.88. The zero-order valence-electron chi connectivity index (χ0n) is 19.6. The van der Waals surface area contributed by atoms with Gasteiger partial charge in [0.25, 0.3) is 0 Å². The van der Waals surface area contributed by atoms with Crippen LogP contribution in [0.1, 0.15) is 36.0 Å². The van der Waals surface area contributed by atoms with Crippen molar-refractivity contribution in [2.24, 2.45) is 5.92 Å². The lowest BCUT2D eigenvalue weighted by atomic mass is 9.64. The Kier molecular flexibility index (Phi) is 6.09. The maximum Gasteiger partial charge on any atom is 0.407 e. The van der Waals surface area contributed by atoms with E-state index in [-0.39, 0.29) is 24.2 Å². The number of carboxylic acid groups (broad SMARTS) is 1. The van der Waals surface area contributed by atoms with Crippen molar-refractivity contribution in [1.29, 1.82) is 5.26 Å². The molecule has 0 radical (unpaired) electrons. The lowest BCUT2D eigenvalue weighted by Gasteiger charge is -2.44. The molecule has 0 spiro atoms. The molecule has 3 aromatic carbocycles. The molecule has 0 aliphatic carbocycles. The second-order valence-electron chi connectivity index (χ2n) is 9.65. The van der Waals surface area contributed by atoms with Crippen LogP contribution in [0.15, 0.2) is 54.6 Å². The van der Waals surface area contributed by atoms with Gasteiger partial charge in [0.05, 0.1) is 11.6 Å². The number of carbonyl (C=O) groups is 2. The molecule has 1 atom stereocenters. The third-order valence-corrected chi connectivity index (χ3v) is 7.80. The van der Waals surface area contributed by atoms with Gasteiger partial charge in [0.15, 0.2) is 0 Å². The summed E-state index contributed by atoms with van der Waals surface area (Å²) < 4.78 is 27.5. The third-order valence-electron chi connectivity index (χ3n) is 7.80. The van der Waals surface area contributed by atoms with E-state index in [0.29, 0.717) is 49.8 Å². The number of nitriles is 1. The molecule has 2 aliphatic heterocycles. The number of benzene rings is 3. The highest BCUT2D eigenvalue weighted by atomic mass is 19.1. The second kappa shape index (κ2) is 9.23. The van der Waals surface area contributed by atoms with Crippen LogP contribution in [0.2, 0.25) is 0 Å². The van der Waals surface area contributed by atoms with E-state index in [1.165, 1.54) is 29.2 Å².